The zero-order valence-corrected chi connectivity index (χ0v) is 13.7. The van der Waals surface area contributed by atoms with E-state index >= 15 is 0 Å². The Kier molecular flexibility index (Phi) is 5.40. The second kappa shape index (κ2) is 7.09. The summed E-state index contributed by atoms with van der Waals surface area (Å²) in [7, 11) is 0. The molecule has 1 amide bonds. The molecule has 2 rings (SSSR count). The van der Waals surface area contributed by atoms with Crippen molar-refractivity contribution in [3.63, 3.8) is 0 Å². The number of piperidine rings is 1. The third-order valence-corrected chi connectivity index (χ3v) is 3.83. The van der Waals surface area contributed by atoms with Gasteiger partial charge in [0.15, 0.2) is 0 Å². The van der Waals surface area contributed by atoms with Crippen LogP contribution in [0.2, 0.25) is 0 Å². The van der Waals surface area contributed by atoms with Crippen LogP contribution in [0, 0.1) is 0 Å². The van der Waals surface area contributed by atoms with Gasteiger partial charge in [0.05, 0.1) is 0 Å². The molecule has 1 aromatic heterocycles. The van der Waals surface area contributed by atoms with Gasteiger partial charge in [-0.15, -0.1) is 0 Å². The van der Waals surface area contributed by atoms with Crippen molar-refractivity contribution in [1.82, 2.24) is 9.88 Å². The van der Waals surface area contributed by atoms with Crippen LogP contribution in [0.15, 0.2) is 18.3 Å². The van der Waals surface area contributed by atoms with Gasteiger partial charge in [0, 0.05) is 38.0 Å². The maximum atomic E-state index is 12.0. The predicted molar refractivity (Wildman–Crippen MR) is 84.8 cm³/mol. The maximum Gasteiger partial charge on any atom is 0.410 e. The standard InChI is InChI=1S/C17H26N2O3/c1-17(2,3)22-16(21)19-9-6-13(7-10-19)14-4-5-15(8-11-20)18-12-14/h4-5,12-13,20H,6-11H2,1-3H3. The lowest BCUT2D eigenvalue weighted by atomic mass is 9.90. The highest BCUT2D eigenvalue weighted by Gasteiger charge is 2.27. The normalized spacial score (nSPS) is 16.6. The number of likely N-dealkylation sites (tertiary alicyclic amines) is 1. The van der Waals surface area contributed by atoms with E-state index in [0.717, 1.165) is 31.6 Å². The fourth-order valence-electron chi connectivity index (χ4n) is 2.66. The van der Waals surface area contributed by atoms with E-state index in [-0.39, 0.29) is 12.7 Å². The number of nitrogens with zero attached hydrogens (tertiary/aromatic N) is 2. The molecule has 1 fully saturated rings. The second-order valence-electron chi connectivity index (χ2n) is 6.80. The van der Waals surface area contributed by atoms with Crippen molar-refractivity contribution >= 4 is 6.09 Å². The minimum absolute atomic E-state index is 0.126. The first-order chi connectivity index (χ1) is 10.4. The van der Waals surface area contributed by atoms with Gasteiger partial charge in [-0.05, 0) is 51.2 Å². The van der Waals surface area contributed by atoms with E-state index in [9.17, 15) is 4.79 Å². The van der Waals surface area contributed by atoms with Crippen LogP contribution < -0.4 is 0 Å². The summed E-state index contributed by atoms with van der Waals surface area (Å²) in [5.74, 6) is 0.439. The molecule has 0 aromatic carbocycles. The van der Waals surface area contributed by atoms with Crippen molar-refractivity contribution in [3.8, 4) is 0 Å². The molecule has 5 heteroatoms. The Morgan fingerprint density at radius 3 is 2.55 bits per heavy atom. The summed E-state index contributed by atoms with van der Waals surface area (Å²) in [5.41, 5.74) is 1.68. The molecule has 1 N–H and O–H groups in total. The average molecular weight is 306 g/mol. The lowest BCUT2D eigenvalue weighted by molar-refractivity contribution is 0.0205. The Morgan fingerprint density at radius 2 is 2.05 bits per heavy atom. The lowest BCUT2D eigenvalue weighted by Crippen LogP contribution is -2.41. The number of aliphatic hydroxyl groups excluding tert-OH is 1. The molecule has 1 aliphatic rings. The summed E-state index contributed by atoms with van der Waals surface area (Å²) in [4.78, 5) is 18.2. The quantitative estimate of drug-likeness (QED) is 0.932. The summed E-state index contributed by atoms with van der Waals surface area (Å²) in [6, 6.07) is 4.07. The Morgan fingerprint density at radius 1 is 1.36 bits per heavy atom. The third kappa shape index (κ3) is 4.70. The monoisotopic (exact) mass is 306 g/mol. The van der Waals surface area contributed by atoms with E-state index in [4.69, 9.17) is 9.84 Å². The zero-order chi connectivity index (χ0) is 16.2. The van der Waals surface area contributed by atoms with Crippen LogP contribution in [0.4, 0.5) is 4.79 Å². The van der Waals surface area contributed by atoms with Crippen LogP contribution in [0.1, 0.15) is 50.8 Å². The van der Waals surface area contributed by atoms with Gasteiger partial charge in [0.1, 0.15) is 5.60 Å². The molecular formula is C17H26N2O3. The average Bonchev–Trinajstić information content (AvgIpc) is 2.47. The molecule has 0 saturated carbocycles. The predicted octanol–water partition coefficient (Wildman–Crippen LogP) is 2.73. The number of amides is 1. The molecule has 0 unspecified atom stereocenters. The number of hydrogen-bond donors (Lipinski definition) is 1. The Bertz CT molecular complexity index is 486. The molecule has 1 aliphatic heterocycles. The topological polar surface area (TPSA) is 62.7 Å². The molecule has 0 bridgehead atoms. The fraction of sp³-hybridized carbons (Fsp3) is 0.647. The number of pyridine rings is 1. The number of carbonyl (C=O) groups is 1. The number of carbonyl (C=O) groups excluding carboxylic acids is 1. The van der Waals surface area contributed by atoms with E-state index in [0.29, 0.717) is 12.3 Å². The number of aliphatic hydroxyl groups is 1. The van der Waals surface area contributed by atoms with Crippen molar-refractivity contribution in [2.24, 2.45) is 0 Å². The van der Waals surface area contributed by atoms with Gasteiger partial charge < -0.3 is 14.7 Å². The van der Waals surface area contributed by atoms with Gasteiger partial charge >= 0.3 is 6.09 Å². The highest BCUT2D eigenvalue weighted by atomic mass is 16.6. The summed E-state index contributed by atoms with van der Waals surface area (Å²) in [6.45, 7) is 7.22. The zero-order valence-electron chi connectivity index (χ0n) is 13.7. The smallest absolute Gasteiger partial charge is 0.410 e. The highest BCUT2D eigenvalue weighted by molar-refractivity contribution is 5.68. The maximum absolute atomic E-state index is 12.0. The molecule has 1 saturated heterocycles. The number of rotatable bonds is 3. The molecule has 0 radical (unpaired) electrons. The number of aromatic nitrogens is 1. The van der Waals surface area contributed by atoms with Crippen LogP contribution in [-0.4, -0.2) is 46.4 Å². The van der Waals surface area contributed by atoms with Gasteiger partial charge in [0.2, 0.25) is 0 Å². The summed E-state index contributed by atoms with van der Waals surface area (Å²) in [5, 5.41) is 8.91. The summed E-state index contributed by atoms with van der Waals surface area (Å²) >= 11 is 0. The first kappa shape index (κ1) is 16.7. The minimum Gasteiger partial charge on any atom is -0.444 e. The van der Waals surface area contributed by atoms with Crippen LogP contribution in [-0.2, 0) is 11.2 Å². The van der Waals surface area contributed by atoms with Crippen molar-refractivity contribution < 1.29 is 14.6 Å². The van der Waals surface area contributed by atoms with E-state index < -0.39 is 5.60 Å². The van der Waals surface area contributed by atoms with Gasteiger partial charge in [-0.1, -0.05) is 6.07 Å². The molecule has 5 nitrogen and oxygen atoms in total. The lowest BCUT2D eigenvalue weighted by Gasteiger charge is -2.33. The molecule has 1 aromatic rings. The molecular weight excluding hydrogens is 280 g/mol. The van der Waals surface area contributed by atoms with E-state index in [1.165, 1.54) is 5.56 Å². The summed E-state index contributed by atoms with van der Waals surface area (Å²) in [6.07, 6.45) is 4.14. The van der Waals surface area contributed by atoms with E-state index in [2.05, 4.69) is 11.1 Å². The molecule has 22 heavy (non-hydrogen) atoms. The fourth-order valence-corrected chi connectivity index (χ4v) is 2.66. The van der Waals surface area contributed by atoms with Gasteiger partial charge in [0.25, 0.3) is 0 Å². The Labute approximate surface area is 132 Å². The number of ether oxygens (including phenoxy) is 1. The first-order valence-electron chi connectivity index (χ1n) is 7.92. The van der Waals surface area contributed by atoms with E-state index in [1.807, 2.05) is 33.0 Å². The van der Waals surface area contributed by atoms with Crippen LogP contribution in [0.3, 0.4) is 0 Å². The molecule has 122 valence electrons. The van der Waals surface area contributed by atoms with Gasteiger partial charge in [-0.3, -0.25) is 4.98 Å². The third-order valence-electron chi connectivity index (χ3n) is 3.83. The minimum atomic E-state index is -0.444. The molecule has 0 atom stereocenters. The molecule has 0 aliphatic carbocycles. The van der Waals surface area contributed by atoms with Gasteiger partial charge in [-0.25, -0.2) is 4.79 Å². The Hall–Kier alpha value is -1.62. The van der Waals surface area contributed by atoms with Crippen LogP contribution in [0.25, 0.3) is 0 Å². The largest absolute Gasteiger partial charge is 0.444 e. The van der Waals surface area contributed by atoms with E-state index in [1.54, 1.807) is 4.90 Å². The Balaban J connectivity index is 1.87. The SMILES string of the molecule is CC(C)(C)OC(=O)N1CCC(c2ccc(CCO)nc2)CC1. The highest BCUT2D eigenvalue weighted by Crippen LogP contribution is 2.28. The first-order valence-corrected chi connectivity index (χ1v) is 7.92. The summed E-state index contributed by atoms with van der Waals surface area (Å²) < 4.78 is 5.41. The molecule has 2 heterocycles. The van der Waals surface area contributed by atoms with Crippen molar-refractivity contribution in [2.45, 2.75) is 51.6 Å². The second-order valence-corrected chi connectivity index (χ2v) is 6.80. The molecule has 0 spiro atoms. The number of hydrogen-bond acceptors (Lipinski definition) is 4. The van der Waals surface area contributed by atoms with Crippen molar-refractivity contribution in [3.05, 3.63) is 29.6 Å². The van der Waals surface area contributed by atoms with Crippen molar-refractivity contribution in [2.75, 3.05) is 19.7 Å². The van der Waals surface area contributed by atoms with Crippen LogP contribution >= 0.6 is 0 Å². The van der Waals surface area contributed by atoms with Crippen LogP contribution in [0.5, 0.6) is 0 Å². The van der Waals surface area contributed by atoms with Gasteiger partial charge in [-0.2, -0.15) is 0 Å². The van der Waals surface area contributed by atoms with Crippen molar-refractivity contribution in [1.29, 1.82) is 0 Å².